The molecule has 0 N–H and O–H groups in total. The summed E-state index contributed by atoms with van der Waals surface area (Å²) in [6.07, 6.45) is -4.53. The number of furan rings is 1. The second kappa shape index (κ2) is 9.52. The van der Waals surface area contributed by atoms with Crippen LogP contribution in [0.25, 0.3) is 0 Å². The minimum Gasteiger partial charge on any atom is -0.490 e. The van der Waals surface area contributed by atoms with Crippen LogP contribution in [0.3, 0.4) is 0 Å². The Labute approximate surface area is 194 Å². The number of carbonyl (C=O) groups excluding carboxylic acids is 1. The Morgan fingerprint density at radius 1 is 1.18 bits per heavy atom. The van der Waals surface area contributed by atoms with Gasteiger partial charge in [0, 0.05) is 24.2 Å². The molecule has 1 atom stereocenters. The topological polar surface area (TPSA) is 61.7 Å². The summed E-state index contributed by atoms with van der Waals surface area (Å²) in [4.78, 5) is 17.3. The van der Waals surface area contributed by atoms with E-state index in [-0.39, 0.29) is 23.2 Å². The Balaban J connectivity index is 2.14. The Bertz CT molecular complexity index is 1210. The van der Waals surface area contributed by atoms with Crippen LogP contribution in [-0.4, -0.2) is 28.0 Å². The first-order valence-corrected chi connectivity index (χ1v) is 10.6. The number of aromatic nitrogens is 2. The smallest absolute Gasteiger partial charge is 0.416 e. The lowest BCUT2D eigenvalue weighted by molar-refractivity contribution is -0.137. The highest BCUT2D eigenvalue weighted by Gasteiger charge is 2.32. The molecule has 0 aliphatic heterocycles. The fraction of sp³-hybridized carbons (Fsp3) is 0.417. The average molecular weight is 481 g/mol. The van der Waals surface area contributed by atoms with E-state index in [1.165, 1.54) is 13.2 Å². The number of hydrogen-bond acceptors (Lipinski definition) is 3. The summed E-state index contributed by atoms with van der Waals surface area (Å²) >= 11 is 0. The van der Waals surface area contributed by atoms with E-state index in [0.29, 0.717) is 11.8 Å². The van der Waals surface area contributed by atoms with Gasteiger partial charge in [-0.25, -0.2) is 4.39 Å². The van der Waals surface area contributed by atoms with Crippen LogP contribution in [0.5, 0.6) is 5.75 Å². The van der Waals surface area contributed by atoms with Gasteiger partial charge in [0.1, 0.15) is 24.3 Å². The van der Waals surface area contributed by atoms with Crippen molar-refractivity contribution >= 4 is 5.91 Å². The molecule has 0 radical (unpaired) electrons. The van der Waals surface area contributed by atoms with E-state index in [0.717, 1.165) is 17.8 Å². The van der Waals surface area contributed by atoms with Gasteiger partial charge in [-0.1, -0.05) is 20.8 Å². The van der Waals surface area contributed by atoms with Crippen molar-refractivity contribution in [2.75, 3.05) is 6.61 Å². The van der Waals surface area contributed by atoms with Gasteiger partial charge in [-0.2, -0.15) is 18.2 Å². The van der Waals surface area contributed by atoms with Gasteiger partial charge in [0.2, 0.25) is 0 Å². The van der Waals surface area contributed by atoms with E-state index in [9.17, 15) is 22.4 Å². The quantitative estimate of drug-likeness (QED) is 0.451. The standard InChI is InChI=1S/C24H27F4N3O3/c1-15(25)14-34-19-9-8-16(24(26,27)28)11-18(19)22(32)29-21-12-20(23(2,3)4)30(5)31(21)13-17-7-6-10-33-17/h6-12,15H,13-14H2,1-5H3/b29-21+/t15-/m1/s1. The van der Waals surface area contributed by atoms with Crippen molar-refractivity contribution in [3.8, 4) is 5.75 Å². The lowest BCUT2D eigenvalue weighted by Crippen LogP contribution is -2.26. The minimum atomic E-state index is -4.67. The summed E-state index contributed by atoms with van der Waals surface area (Å²) in [6.45, 7) is 7.04. The summed E-state index contributed by atoms with van der Waals surface area (Å²) < 4.78 is 67.4. The monoisotopic (exact) mass is 481 g/mol. The van der Waals surface area contributed by atoms with Gasteiger partial charge in [-0.05, 0) is 37.3 Å². The Kier molecular flexibility index (Phi) is 7.09. The molecule has 34 heavy (non-hydrogen) atoms. The molecule has 0 bridgehead atoms. The first-order valence-electron chi connectivity index (χ1n) is 10.6. The third-order valence-electron chi connectivity index (χ3n) is 5.12. The fourth-order valence-electron chi connectivity index (χ4n) is 3.47. The molecule has 3 rings (SSSR count). The number of rotatable bonds is 6. The Morgan fingerprint density at radius 2 is 1.88 bits per heavy atom. The summed E-state index contributed by atoms with van der Waals surface area (Å²) in [5.74, 6) is -0.502. The molecule has 6 nitrogen and oxygen atoms in total. The van der Waals surface area contributed by atoms with Crippen LogP contribution in [0.2, 0.25) is 0 Å². The van der Waals surface area contributed by atoms with E-state index in [1.54, 1.807) is 29.9 Å². The van der Waals surface area contributed by atoms with Gasteiger partial charge in [-0.3, -0.25) is 14.2 Å². The second-order valence-electron chi connectivity index (χ2n) is 9.02. The molecule has 10 heteroatoms. The molecule has 0 aliphatic rings. The van der Waals surface area contributed by atoms with Gasteiger partial charge in [0.15, 0.2) is 5.49 Å². The molecule has 0 spiro atoms. The molecular weight excluding hydrogens is 454 g/mol. The molecule has 0 aliphatic carbocycles. The number of alkyl halides is 4. The molecule has 1 amide bonds. The normalized spacial score (nSPS) is 13.9. The zero-order chi connectivity index (χ0) is 25.3. The number of ether oxygens (including phenoxy) is 1. The maximum Gasteiger partial charge on any atom is 0.416 e. The van der Waals surface area contributed by atoms with Crippen LogP contribution in [-0.2, 0) is 25.2 Å². The van der Waals surface area contributed by atoms with Gasteiger partial charge in [0.05, 0.1) is 23.9 Å². The van der Waals surface area contributed by atoms with Crippen LogP contribution in [0.1, 0.15) is 55.1 Å². The first-order chi connectivity index (χ1) is 15.8. The van der Waals surface area contributed by atoms with Crippen molar-refractivity contribution in [2.45, 2.75) is 52.0 Å². The molecular formula is C24H27F4N3O3. The van der Waals surface area contributed by atoms with Crippen molar-refractivity contribution in [1.82, 2.24) is 9.36 Å². The van der Waals surface area contributed by atoms with E-state index in [1.807, 2.05) is 25.5 Å². The highest BCUT2D eigenvalue weighted by Crippen LogP contribution is 2.33. The summed E-state index contributed by atoms with van der Waals surface area (Å²) in [7, 11) is 1.80. The molecule has 3 aromatic rings. The third kappa shape index (κ3) is 5.78. The molecule has 0 saturated carbocycles. The lowest BCUT2D eigenvalue weighted by Gasteiger charge is -2.20. The van der Waals surface area contributed by atoms with Crippen molar-refractivity contribution < 1.29 is 31.5 Å². The summed E-state index contributed by atoms with van der Waals surface area (Å²) in [6, 6.07) is 7.67. The molecule has 1 aromatic carbocycles. The number of benzene rings is 1. The summed E-state index contributed by atoms with van der Waals surface area (Å²) in [5, 5.41) is 0. The van der Waals surface area contributed by atoms with Crippen LogP contribution in [0.15, 0.2) is 52.1 Å². The van der Waals surface area contributed by atoms with Crippen molar-refractivity contribution in [3.63, 3.8) is 0 Å². The molecule has 184 valence electrons. The number of amides is 1. The van der Waals surface area contributed by atoms with Crippen molar-refractivity contribution in [3.05, 3.63) is 70.7 Å². The third-order valence-corrected chi connectivity index (χ3v) is 5.12. The Morgan fingerprint density at radius 3 is 2.44 bits per heavy atom. The fourth-order valence-corrected chi connectivity index (χ4v) is 3.47. The second-order valence-corrected chi connectivity index (χ2v) is 9.02. The largest absolute Gasteiger partial charge is 0.490 e. The molecule has 0 fully saturated rings. The van der Waals surface area contributed by atoms with Crippen molar-refractivity contribution in [1.29, 1.82) is 0 Å². The maximum absolute atomic E-state index is 13.3. The molecule has 2 heterocycles. The highest BCUT2D eigenvalue weighted by molar-refractivity contribution is 5.97. The number of carbonyl (C=O) groups is 1. The van der Waals surface area contributed by atoms with E-state index in [2.05, 4.69) is 4.99 Å². The van der Waals surface area contributed by atoms with Gasteiger partial charge in [0.25, 0.3) is 5.91 Å². The zero-order valence-corrected chi connectivity index (χ0v) is 19.6. The summed E-state index contributed by atoms with van der Waals surface area (Å²) in [5.41, 5.74) is -0.661. The maximum atomic E-state index is 13.3. The van der Waals surface area contributed by atoms with Crippen LogP contribution in [0.4, 0.5) is 17.6 Å². The van der Waals surface area contributed by atoms with Crippen LogP contribution < -0.4 is 10.2 Å². The van der Waals surface area contributed by atoms with Gasteiger partial charge >= 0.3 is 6.18 Å². The first kappa shape index (κ1) is 25.3. The molecule has 0 saturated heterocycles. The average Bonchev–Trinajstić information content (AvgIpc) is 3.34. The van der Waals surface area contributed by atoms with E-state index >= 15 is 0 Å². The predicted molar refractivity (Wildman–Crippen MR) is 117 cm³/mol. The van der Waals surface area contributed by atoms with Crippen molar-refractivity contribution in [2.24, 2.45) is 12.0 Å². The number of hydrogen-bond donors (Lipinski definition) is 0. The highest BCUT2D eigenvalue weighted by atomic mass is 19.4. The predicted octanol–water partition coefficient (Wildman–Crippen LogP) is 5.26. The zero-order valence-electron chi connectivity index (χ0n) is 19.6. The molecule has 0 unspecified atom stereocenters. The van der Waals surface area contributed by atoms with Crippen LogP contribution in [0, 0.1) is 0 Å². The van der Waals surface area contributed by atoms with E-state index in [4.69, 9.17) is 9.15 Å². The minimum absolute atomic E-state index is 0.171. The van der Waals surface area contributed by atoms with Crippen LogP contribution >= 0.6 is 0 Å². The number of nitrogens with zero attached hydrogens (tertiary/aromatic N) is 3. The number of halogens is 4. The molecule has 2 aromatic heterocycles. The SMILES string of the molecule is C[C@@H](F)COc1ccc(C(F)(F)F)cc1C(=O)/N=c1\cc(C(C)(C)C)n(C)n1Cc1ccco1. The Hall–Kier alpha value is -3.30. The lowest BCUT2D eigenvalue weighted by atomic mass is 9.92. The van der Waals surface area contributed by atoms with E-state index < -0.39 is 36.0 Å². The van der Waals surface area contributed by atoms with Gasteiger partial charge in [-0.15, -0.1) is 0 Å². The van der Waals surface area contributed by atoms with Gasteiger partial charge < -0.3 is 9.15 Å².